The summed E-state index contributed by atoms with van der Waals surface area (Å²) in [5.74, 6) is 2.32. The Hall–Kier alpha value is -2.56. The molecule has 0 saturated carbocycles. The molecule has 0 aromatic carbocycles. The average molecular weight is 396 g/mol. The van der Waals surface area contributed by atoms with Crippen molar-refractivity contribution >= 4 is 17.4 Å². The molecule has 3 aromatic heterocycles. The summed E-state index contributed by atoms with van der Waals surface area (Å²) in [7, 11) is 0. The van der Waals surface area contributed by atoms with Crippen LogP contribution in [-0.4, -0.2) is 20.8 Å². The molecule has 0 fully saturated rings. The molecule has 0 N–H and O–H groups in total. The summed E-state index contributed by atoms with van der Waals surface area (Å²) in [6.45, 7) is 18.5. The van der Waals surface area contributed by atoms with Crippen molar-refractivity contribution in [2.24, 2.45) is 5.41 Å². The Morgan fingerprint density at radius 3 is 2.31 bits per heavy atom. The van der Waals surface area contributed by atoms with Crippen molar-refractivity contribution in [3.8, 4) is 11.5 Å². The molecule has 0 bridgehead atoms. The van der Waals surface area contributed by atoms with E-state index >= 15 is 0 Å². The Labute approximate surface area is 173 Å². The lowest BCUT2D eigenvalue weighted by atomic mass is 9.80. The van der Waals surface area contributed by atoms with Gasteiger partial charge in [-0.3, -0.25) is 14.1 Å². The summed E-state index contributed by atoms with van der Waals surface area (Å²) in [6, 6.07) is 8.00. The molecule has 0 atom stereocenters. The Kier molecular flexibility index (Phi) is 5.14. The first-order valence-electron chi connectivity index (χ1n) is 10.2. The number of aryl methyl sites for hydroxylation is 3. The number of hydrogen-bond donors (Lipinski definition) is 0. The predicted octanol–water partition coefficient (Wildman–Crippen LogP) is 6.09. The molecule has 5 heteroatoms. The number of amides is 1. The van der Waals surface area contributed by atoms with E-state index in [1.54, 1.807) is 6.92 Å². The second kappa shape index (κ2) is 7.05. The topological polar surface area (TPSA) is 50.8 Å². The number of rotatable bonds is 4. The number of carbonyl (C=O) groups excluding carboxylic acids is 1. The van der Waals surface area contributed by atoms with Crippen molar-refractivity contribution < 1.29 is 9.21 Å². The monoisotopic (exact) mass is 395 g/mol. The molecule has 1 amide bonds. The second-order valence-corrected chi connectivity index (χ2v) is 9.90. The number of hydrogen-bond acceptors (Lipinski definition) is 3. The van der Waals surface area contributed by atoms with E-state index in [9.17, 15) is 4.79 Å². The van der Waals surface area contributed by atoms with Crippen molar-refractivity contribution in [3.63, 3.8) is 0 Å². The van der Waals surface area contributed by atoms with Crippen molar-refractivity contribution in [1.29, 1.82) is 0 Å². The molecule has 0 aliphatic rings. The van der Waals surface area contributed by atoms with Crippen LogP contribution >= 0.6 is 0 Å². The highest BCUT2D eigenvalue weighted by molar-refractivity contribution is 5.96. The van der Waals surface area contributed by atoms with Gasteiger partial charge in [0.25, 0.3) is 0 Å². The van der Waals surface area contributed by atoms with Gasteiger partial charge in [0.05, 0.1) is 0 Å². The highest BCUT2D eigenvalue weighted by Gasteiger charge is 2.38. The molecule has 3 aromatic rings. The average Bonchev–Trinajstić information content (AvgIpc) is 3.06. The van der Waals surface area contributed by atoms with E-state index in [1.807, 2.05) is 49.9 Å². The van der Waals surface area contributed by atoms with Crippen molar-refractivity contribution in [3.05, 3.63) is 41.3 Å². The van der Waals surface area contributed by atoms with Gasteiger partial charge >= 0.3 is 0 Å². The van der Waals surface area contributed by atoms with Crippen LogP contribution in [-0.2, 0) is 4.79 Å². The van der Waals surface area contributed by atoms with Gasteiger partial charge in [-0.2, -0.15) is 0 Å². The number of aromatic nitrogens is 2. The number of nitrogens with zero attached hydrogens (tertiary/aromatic N) is 3. The van der Waals surface area contributed by atoms with Gasteiger partial charge in [-0.05, 0) is 70.2 Å². The minimum atomic E-state index is -0.409. The van der Waals surface area contributed by atoms with Crippen molar-refractivity contribution in [2.75, 3.05) is 4.90 Å². The third-order valence-corrected chi connectivity index (χ3v) is 5.31. The number of furan rings is 1. The van der Waals surface area contributed by atoms with Crippen LogP contribution in [0.3, 0.4) is 0 Å². The van der Waals surface area contributed by atoms with E-state index in [-0.39, 0.29) is 11.3 Å². The Bertz CT molecular complexity index is 1040. The lowest BCUT2D eigenvalue weighted by Gasteiger charge is -2.41. The van der Waals surface area contributed by atoms with Crippen molar-refractivity contribution in [2.45, 2.75) is 74.3 Å². The Morgan fingerprint density at radius 2 is 1.79 bits per heavy atom. The van der Waals surface area contributed by atoms with Crippen LogP contribution in [0.25, 0.3) is 17.1 Å². The van der Waals surface area contributed by atoms with E-state index in [0.29, 0.717) is 11.5 Å². The van der Waals surface area contributed by atoms with Crippen LogP contribution in [0.4, 0.5) is 5.82 Å². The largest absolute Gasteiger partial charge is 0.459 e. The SMILES string of the molecule is CC(=O)N(c1c(-c2cc(C)c(C)o2)nc2cccc(C)n12)C(C)(C)CC(C)(C)C. The number of fused-ring (bicyclic) bond motifs is 1. The molecular formula is C24H33N3O2. The normalized spacial score (nSPS) is 12.6. The first kappa shape index (κ1) is 21.2. The molecule has 5 nitrogen and oxygen atoms in total. The maximum Gasteiger partial charge on any atom is 0.225 e. The van der Waals surface area contributed by atoms with Gasteiger partial charge in [0.2, 0.25) is 5.91 Å². The van der Waals surface area contributed by atoms with Crippen LogP contribution in [0.1, 0.15) is 65.0 Å². The molecule has 29 heavy (non-hydrogen) atoms. The summed E-state index contributed by atoms with van der Waals surface area (Å²) in [6.07, 6.45) is 0.842. The van der Waals surface area contributed by atoms with Crippen LogP contribution in [0.2, 0.25) is 0 Å². The second-order valence-electron chi connectivity index (χ2n) is 9.90. The molecule has 0 aliphatic heterocycles. The molecule has 0 radical (unpaired) electrons. The van der Waals surface area contributed by atoms with E-state index in [0.717, 1.165) is 34.9 Å². The van der Waals surface area contributed by atoms with Gasteiger partial charge in [-0.1, -0.05) is 26.8 Å². The molecule has 3 rings (SSSR count). The number of carbonyl (C=O) groups is 1. The van der Waals surface area contributed by atoms with E-state index < -0.39 is 5.54 Å². The quantitative estimate of drug-likeness (QED) is 0.537. The van der Waals surface area contributed by atoms with Crippen molar-refractivity contribution in [1.82, 2.24) is 9.38 Å². The van der Waals surface area contributed by atoms with Crippen LogP contribution in [0.5, 0.6) is 0 Å². The fourth-order valence-corrected chi connectivity index (χ4v) is 4.54. The zero-order valence-corrected chi connectivity index (χ0v) is 19.2. The van der Waals surface area contributed by atoms with E-state index in [1.165, 1.54) is 0 Å². The summed E-state index contributed by atoms with van der Waals surface area (Å²) in [5, 5.41) is 0. The molecule has 156 valence electrons. The molecule has 0 spiro atoms. The van der Waals surface area contributed by atoms with Gasteiger partial charge in [0.15, 0.2) is 11.6 Å². The lowest BCUT2D eigenvalue weighted by Crippen LogP contribution is -2.50. The van der Waals surface area contributed by atoms with E-state index in [4.69, 9.17) is 9.40 Å². The minimum absolute atomic E-state index is 0.00875. The Balaban J connectivity index is 2.35. The van der Waals surface area contributed by atoms with Gasteiger partial charge in [-0.25, -0.2) is 4.98 Å². The molecule has 3 heterocycles. The van der Waals surface area contributed by atoms with Crippen LogP contribution in [0, 0.1) is 26.2 Å². The highest BCUT2D eigenvalue weighted by atomic mass is 16.3. The molecule has 0 unspecified atom stereocenters. The first-order valence-corrected chi connectivity index (χ1v) is 10.2. The standard InChI is InChI=1S/C24H33N3O2/c1-15-13-19(29-17(15)3)21-22(26-16(2)11-10-12-20(26)25-21)27(18(4)28)24(8,9)14-23(5,6)7/h10-13H,14H2,1-9H3. The number of pyridine rings is 1. The molecule has 0 aliphatic carbocycles. The third-order valence-electron chi connectivity index (χ3n) is 5.31. The van der Waals surface area contributed by atoms with Gasteiger partial charge in [0.1, 0.15) is 17.1 Å². The van der Waals surface area contributed by atoms with Gasteiger partial charge < -0.3 is 4.42 Å². The highest BCUT2D eigenvalue weighted by Crippen LogP contribution is 2.41. The maximum absolute atomic E-state index is 13.0. The summed E-state index contributed by atoms with van der Waals surface area (Å²) in [4.78, 5) is 19.8. The fraction of sp³-hybridized carbons (Fsp3) is 0.500. The zero-order valence-electron chi connectivity index (χ0n) is 19.2. The van der Waals surface area contributed by atoms with Gasteiger partial charge in [0, 0.05) is 18.2 Å². The minimum Gasteiger partial charge on any atom is -0.459 e. The lowest BCUT2D eigenvalue weighted by molar-refractivity contribution is -0.117. The van der Waals surface area contributed by atoms with Crippen LogP contribution in [0.15, 0.2) is 28.7 Å². The smallest absolute Gasteiger partial charge is 0.225 e. The molecule has 0 saturated heterocycles. The number of imidazole rings is 1. The fourth-order valence-electron chi connectivity index (χ4n) is 4.54. The van der Waals surface area contributed by atoms with Gasteiger partial charge in [-0.15, -0.1) is 0 Å². The summed E-state index contributed by atoms with van der Waals surface area (Å²) >= 11 is 0. The summed E-state index contributed by atoms with van der Waals surface area (Å²) in [5.41, 5.74) is 3.25. The molecular weight excluding hydrogens is 362 g/mol. The first-order chi connectivity index (χ1) is 13.3. The third kappa shape index (κ3) is 3.96. The summed E-state index contributed by atoms with van der Waals surface area (Å²) < 4.78 is 8.10. The maximum atomic E-state index is 13.0. The van der Waals surface area contributed by atoms with Crippen LogP contribution < -0.4 is 4.90 Å². The van der Waals surface area contributed by atoms with E-state index in [2.05, 4.69) is 39.0 Å². The zero-order chi connectivity index (χ0) is 21.7. The Morgan fingerprint density at radius 1 is 1.14 bits per heavy atom. The number of anilines is 1. The predicted molar refractivity (Wildman–Crippen MR) is 118 cm³/mol.